The average Bonchev–Trinajstić information content (AvgIpc) is 2.99. The predicted molar refractivity (Wildman–Crippen MR) is 87.2 cm³/mol. The van der Waals surface area contributed by atoms with Crippen molar-refractivity contribution in [3.8, 4) is 10.4 Å². The van der Waals surface area contributed by atoms with Crippen molar-refractivity contribution in [2.75, 3.05) is 13.2 Å². The van der Waals surface area contributed by atoms with E-state index in [1.54, 1.807) is 11.3 Å². The summed E-state index contributed by atoms with van der Waals surface area (Å²) in [7, 11) is 0. The van der Waals surface area contributed by atoms with E-state index in [4.69, 9.17) is 0 Å². The van der Waals surface area contributed by atoms with E-state index in [2.05, 4.69) is 41.1 Å². The fraction of sp³-hybridized carbons (Fsp3) is 0.471. The first-order valence-corrected chi connectivity index (χ1v) is 8.43. The molecule has 1 saturated heterocycles. The minimum Gasteiger partial charge on any atom is -0.396 e. The predicted octanol–water partition coefficient (Wildman–Crippen LogP) is 3.40. The minimum atomic E-state index is 0.302. The summed E-state index contributed by atoms with van der Waals surface area (Å²) < 4.78 is 0. The summed E-state index contributed by atoms with van der Waals surface area (Å²) in [6, 6.07) is 11.0. The van der Waals surface area contributed by atoms with Crippen LogP contribution in [0.3, 0.4) is 0 Å². The maximum Gasteiger partial charge on any atom is 0.107 e. The molecule has 1 N–H and O–H groups in total. The van der Waals surface area contributed by atoms with E-state index in [1.165, 1.54) is 21.9 Å². The van der Waals surface area contributed by atoms with Crippen LogP contribution in [0.5, 0.6) is 0 Å². The van der Waals surface area contributed by atoms with Gasteiger partial charge in [-0.05, 0) is 31.2 Å². The Balaban J connectivity index is 1.69. The quantitative estimate of drug-likeness (QED) is 0.940. The first-order valence-electron chi connectivity index (χ1n) is 7.61. The highest BCUT2D eigenvalue weighted by atomic mass is 32.1. The van der Waals surface area contributed by atoms with Crippen LogP contribution in [0, 0.1) is 5.92 Å². The number of aromatic nitrogens is 1. The molecule has 1 aliphatic rings. The van der Waals surface area contributed by atoms with Crippen LogP contribution in [-0.4, -0.2) is 34.2 Å². The van der Waals surface area contributed by atoms with Gasteiger partial charge in [-0.3, -0.25) is 4.90 Å². The normalized spacial score (nSPS) is 23.3. The molecule has 1 aliphatic heterocycles. The molecule has 1 aromatic heterocycles. The SMILES string of the molecule is CC1CCC(CO)CN1Cc1ncc(-c2ccccc2)s1. The van der Waals surface area contributed by atoms with Crippen molar-refractivity contribution in [1.29, 1.82) is 0 Å². The van der Waals surface area contributed by atoms with Gasteiger partial charge in [0, 0.05) is 25.4 Å². The van der Waals surface area contributed by atoms with Crippen molar-refractivity contribution in [2.45, 2.75) is 32.4 Å². The number of likely N-dealkylation sites (tertiary alicyclic amines) is 1. The smallest absolute Gasteiger partial charge is 0.107 e. The molecular weight excluding hydrogens is 280 g/mol. The zero-order valence-corrected chi connectivity index (χ0v) is 13.2. The number of aliphatic hydroxyl groups is 1. The topological polar surface area (TPSA) is 36.4 Å². The van der Waals surface area contributed by atoms with Crippen LogP contribution in [0.2, 0.25) is 0 Å². The maximum absolute atomic E-state index is 9.37. The summed E-state index contributed by atoms with van der Waals surface area (Å²) in [5.74, 6) is 0.426. The molecule has 21 heavy (non-hydrogen) atoms. The lowest BCUT2D eigenvalue weighted by Gasteiger charge is -2.36. The van der Waals surface area contributed by atoms with E-state index in [0.717, 1.165) is 19.5 Å². The molecule has 0 amide bonds. The van der Waals surface area contributed by atoms with Crippen LogP contribution in [-0.2, 0) is 6.54 Å². The monoisotopic (exact) mass is 302 g/mol. The molecule has 3 rings (SSSR count). The Kier molecular flexibility index (Phi) is 4.68. The highest BCUT2D eigenvalue weighted by molar-refractivity contribution is 7.15. The molecule has 3 nitrogen and oxygen atoms in total. The number of piperidine rings is 1. The van der Waals surface area contributed by atoms with Crippen molar-refractivity contribution in [3.63, 3.8) is 0 Å². The van der Waals surface area contributed by atoms with Crippen LogP contribution >= 0.6 is 11.3 Å². The second-order valence-electron chi connectivity index (χ2n) is 5.89. The Morgan fingerprint density at radius 2 is 2.10 bits per heavy atom. The first kappa shape index (κ1) is 14.7. The standard InChI is InChI=1S/C17H22N2OS/c1-13-7-8-14(12-20)10-19(13)11-17-18-9-16(21-17)15-5-3-2-4-6-15/h2-6,9,13-14,20H,7-8,10-12H2,1H3. The third kappa shape index (κ3) is 3.51. The van der Waals surface area contributed by atoms with E-state index in [0.29, 0.717) is 18.6 Å². The summed E-state index contributed by atoms with van der Waals surface area (Å²) in [5, 5.41) is 10.5. The lowest BCUT2D eigenvalue weighted by molar-refractivity contribution is 0.0771. The molecule has 0 aliphatic carbocycles. The number of benzene rings is 1. The molecular formula is C17H22N2OS. The van der Waals surface area contributed by atoms with Crippen LogP contribution in [0.1, 0.15) is 24.8 Å². The van der Waals surface area contributed by atoms with Crippen molar-refractivity contribution in [2.24, 2.45) is 5.92 Å². The van der Waals surface area contributed by atoms with Gasteiger partial charge in [-0.15, -0.1) is 11.3 Å². The third-order valence-corrected chi connectivity index (χ3v) is 5.35. The zero-order chi connectivity index (χ0) is 14.7. The number of hydrogen-bond donors (Lipinski definition) is 1. The molecule has 112 valence electrons. The van der Waals surface area contributed by atoms with E-state index in [-0.39, 0.29) is 0 Å². The van der Waals surface area contributed by atoms with Crippen molar-refractivity contribution in [1.82, 2.24) is 9.88 Å². The van der Waals surface area contributed by atoms with E-state index in [1.807, 2.05) is 12.3 Å². The summed E-state index contributed by atoms with van der Waals surface area (Å²) in [6.07, 6.45) is 4.29. The van der Waals surface area contributed by atoms with Gasteiger partial charge in [-0.25, -0.2) is 4.98 Å². The van der Waals surface area contributed by atoms with Crippen molar-refractivity contribution >= 4 is 11.3 Å². The lowest BCUT2D eigenvalue weighted by Crippen LogP contribution is -2.42. The molecule has 4 heteroatoms. The molecule has 2 unspecified atom stereocenters. The molecule has 1 fully saturated rings. The number of hydrogen-bond acceptors (Lipinski definition) is 4. The van der Waals surface area contributed by atoms with E-state index < -0.39 is 0 Å². The number of nitrogens with zero attached hydrogens (tertiary/aromatic N) is 2. The molecule has 0 saturated carbocycles. The third-order valence-electron chi connectivity index (χ3n) is 4.32. The second kappa shape index (κ2) is 6.69. The van der Waals surface area contributed by atoms with Gasteiger partial charge in [0.2, 0.25) is 0 Å². The molecule has 0 spiro atoms. The Morgan fingerprint density at radius 3 is 2.86 bits per heavy atom. The Labute approximate surface area is 130 Å². The van der Waals surface area contributed by atoms with Gasteiger partial charge in [-0.2, -0.15) is 0 Å². The summed E-state index contributed by atoms with van der Waals surface area (Å²) in [4.78, 5) is 8.27. The van der Waals surface area contributed by atoms with Crippen molar-refractivity contribution < 1.29 is 5.11 Å². The second-order valence-corrected chi connectivity index (χ2v) is 7.00. The summed E-state index contributed by atoms with van der Waals surface area (Å²) in [6.45, 7) is 4.46. The van der Waals surface area contributed by atoms with Gasteiger partial charge in [-0.1, -0.05) is 30.3 Å². The van der Waals surface area contributed by atoms with E-state index >= 15 is 0 Å². The summed E-state index contributed by atoms with van der Waals surface area (Å²) in [5.41, 5.74) is 1.24. The van der Waals surface area contributed by atoms with Gasteiger partial charge in [0.15, 0.2) is 0 Å². The highest BCUT2D eigenvalue weighted by Crippen LogP contribution is 2.29. The van der Waals surface area contributed by atoms with Gasteiger partial charge in [0.05, 0.1) is 11.4 Å². The molecule has 1 aromatic carbocycles. The minimum absolute atomic E-state index is 0.302. The van der Waals surface area contributed by atoms with Gasteiger partial charge in [0.25, 0.3) is 0 Å². The number of aliphatic hydroxyl groups excluding tert-OH is 1. The fourth-order valence-electron chi connectivity index (χ4n) is 2.92. The Morgan fingerprint density at radius 1 is 1.29 bits per heavy atom. The molecule has 0 bridgehead atoms. The van der Waals surface area contributed by atoms with Crippen LogP contribution < -0.4 is 0 Å². The van der Waals surface area contributed by atoms with Gasteiger partial charge < -0.3 is 5.11 Å². The lowest BCUT2D eigenvalue weighted by atomic mass is 9.94. The van der Waals surface area contributed by atoms with E-state index in [9.17, 15) is 5.11 Å². The van der Waals surface area contributed by atoms with Crippen LogP contribution in [0.4, 0.5) is 0 Å². The molecule has 2 atom stereocenters. The van der Waals surface area contributed by atoms with Crippen LogP contribution in [0.25, 0.3) is 10.4 Å². The Bertz CT molecular complexity index is 569. The molecule has 2 aromatic rings. The first-order chi connectivity index (χ1) is 10.3. The highest BCUT2D eigenvalue weighted by Gasteiger charge is 2.25. The van der Waals surface area contributed by atoms with Gasteiger partial charge in [0.1, 0.15) is 5.01 Å². The molecule has 0 radical (unpaired) electrons. The number of thiazole rings is 1. The van der Waals surface area contributed by atoms with Gasteiger partial charge >= 0.3 is 0 Å². The fourth-order valence-corrected chi connectivity index (χ4v) is 3.87. The maximum atomic E-state index is 9.37. The van der Waals surface area contributed by atoms with Crippen molar-refractivity contribution in [3.05, 3.63) is 41.5 Å². The largest absolute Gasteiger partial charge is 0.396 e. The van der Waals surface area contributed by atoms with Crippen LogP contribution in [0.15, 0.2) is 36.5 Å². The zero-order valence-electron chi connectivity index (χ0n) is 12.4. The average molecular weight is 302 g/mol. The Hall–Kier alpha value is -1.23. The number of rotatable bonds is 4. The molecule has 2 heterocycles. The summed E-state index contributed by atoms with van der Waals surface area (Å²) >= 11 is 1.78.